The van der Waals surface area contributed by atoms with Crippen LogP contribution in [-0.2, 0) is 0 Å². The standard InChI is InChI=1S/C10H13NO2/c1-7(11)8-3-4-10(13-2)9(5-8)6-12/h3-7H,11H2,1-2H3. The zero-order chi connectivity index (χ0) is 9.84. The number of aldehydes is 1. The Morgan fingerprint density at radius 3 is 2.69 bits per heavy atom. The van der Waals surface area contributed by atoms with Gasteiger partial charge in [-0.2, -0.15) is 0 Å². The quantitative estimate of drug-likeness (QED) is 0.716. The summed E-state index contributed by atoms with van der Waals surface area (Å²) < 4.78 is 5.00. The van der Waals surface area contributed by atoms with Crippen LogP contribution in [0.25, 0.3) is 0 Å². The molecule has 13 heavy (non-hydrogen) atoms. The minimum atomic E-state index is -0.0652. The van der Waals surface area contributed by atoms with Crippen LogP contribution in [0.5, 0.6) is 5.75 Å². The van der Waals surface area contributed by atoms with Gasteiger partial charge in [0.15, 0.2) is 6.29 Å². The molecule has 0 radical (unpaired) electrons. The zero-order valence-electron chi connectivity index (χ0n) is 7.78. The fraction of sp³-hybridized carbons (Fsp3) is 0.300. The molecular weight excluding hydrogens is 166 g/mol. The van der Waals surface area contributed by atoms with Crippen molar-refractivity contribution in [2.45, 2.75) is 13.0 Å². The van der Waals surface area contributed by atoms with E-state index < -0.39 is 0 Å². The largest absolute Gasteiger partial charge is 0.496 e. The maximum atomic E-state index is 10.6. The third-order valence-electron chi connectivity index (χ3n) is 1.91. The first-order chi connectivity index (χ1) is 6.19. The molecule has 3 nitrogen and oxygen atoms in total. The van der Waals surface area contributed by atoms with Gasteiger partial charge in [-0.05, 0) is 24.6 Å². The van der Waals surface area contributed by atoms with E-state index in [1.807, 2.05) is 13.0 Å². The molecule has 0 saturated heterocycles. The van der Waals surface area contributed by atoms with Gasteiger partial charge in [-0.25, -0.2) is 0 Å². The van der Waals surface area contributed by atoms with E-state index >= 15 is 0 Å². The van der Waals surface area contributed by atoms with Crippen molar-refractivity contribution in [2.75, 3.05) is 7.11 Å². The Balaban J connectivity index is 3.13. The summed E-state index contributed by atoms with van der Waals surface area (Å²) in [5.41, 5.74) is 7.14. The molecule has 0 spiro atoms. The first kappa shape index (κ1) is 9.74. The van der Waals surface area contributed by atoms with Crippen molar-refractivity contribution in [3.63, 3.8) is 0 Å². The van der Waals surface area contributed by atoms with Crippen LogP contribution in [0.3, 0.4) is 0 Å². The Morgan fingerprint density at radius 2 is 2.23 bits per heavy atom. The van der Waals surface area contributed by atoms with Crippen LogP contribution in [0.1, 0.15) is 28.9 Å². The monoisotopic (exact) mass is 179 g/mol. The highest BCUT2D eigenvalue weighted by Gasteiger charge is 2.05. The van der Waals surface area contributed by atoms with E-state index in [0.29, 0.717) is 11.3 Å². The summed E-state index contributed by atoms with van der Waals surface area (Å²) in [5, 5.41) is 0. The highest BCUT2D eigenvalue weighted by atomic mass is 16.5. The maximum absolute atomic E-state index is 10.6. The van der Waals surface area contributed by atoms with E-state index in [2.05, 4.69) is 0 Å². The van der Waals surface area contributed by atoms with Crippen LogP contribution in [0.15, 0.2) is 18.2 Å². The average molecular weight is 179 g/mol. The molecular formula is C10H13NO2. The smallest absolute Gasteiger partial charge is 0.153 e. The topological polar surface area (TPSA) is 52.3 Å². The zero-order valence-corrected chi connectivity index (χ0v) is 7.78. The second-order valence-corrected chi connectivity index (χ2v) is 2.91. The van der Waals surface area contributed by atoms with Gasteiger partial charge in [0.1, 0.15) is 5.75 Å². The van der Waals surface area contributed by atoms with E-state index in [4.69, 9.17) is 10.5 Å². The van der Waals surface area contributed by atoms with Gasteiger partial charge < -0.3 is 10.5 Å². The molecule has 0 bridgehead atoms. The summed E-state index contributed by atoms with van der Waals surface area (Å²) in [6.07, 6.45) is 0.769. The molecule has 3 heteroatoms. The summed E-state index contributed by atoms with van der Waals surface area (Å²) in [6, 6.07) is 5.29. The van der Waals surface area contributed by atoms with Gasteiger partial charge in [0.05, 0.1) is 12.7 Å². The van der Waals surface area contributed by atoms with Crippen molar-refractivity contribution < 1.29 is 9.53 Å². The van der Waals surface area contributed by atoms with Crippen LogP contribution in [0, 0.1) is 0 Å². The molecule has 0 amide bonds. The molecule has 1 atom stereocenters. The van der Waals surface area contributed by atoms with Crippen molar-refractivity contribution >= 4 is 6.29 Å². The first-order valence-corrected chi connectivity index (χ1v) is 4.07. The minimum Gasteiger partial charge on any atom is -0.496 e. The summed E-state index contributed by atoms with van der Waals surface area (Å²) in [6.45, 7) is 1.87. The number of rotatable bonds is 3. The van der Waals surface area contributed by atoms with Crippen LogP contribution in [0.4, 0.5) is 0 Å². The fourth-order valence-electron chi connectivity index (χ4n) is 1.13. The molecule has 2 N–H and O–H groups in total. The average Bonchev–Trinajstić information content (AvgIpc) is 2.16. The molecule has 0 aliphatic carbocycles. The SMILES string of the molecule is COc1ccc(C(C)N)cc1C=O. The molecule has 0 fully saturated rings. The molecule has 0 aliphatic heterocycles. The molecule has 1 aromatic carbocycles. The molecule has 0 aromatic heterocycles. The fourth-order valence-corrected chi connectivity index (χ4v) is 1.13. The van der Waals surface area contributed by atoms with Crippen molar-refractivity contribution in [2.24, 2.45) is 5.73 Å². The van der Waals surface area contributed by atoms with Gasteiger partial charge in [-0.15, -0.1) is 0 Å². The Labute approximate surface area is 77.5 Å². The van der Waals surface area contributed by atoms with Crippen LogP contribution < -0.4 is 10.5 Å². The van der Waals surface area contributed by atoms with Crippen LogP contribution >= 0.6 is 0 Å². The molecule has 1 rings (SSSR count). The number of methoxy groups -OCH3 is 1. The van der Waals surface area contributed by atoms with E-state index in [1.54, 1.807) is 12.1 Å². The van der Waals surface area contributed by atoms with E-state index in [1.165, 1.54) is 7.11 Å². The Morgan fingerprint density at radius 1 is 1.54 bits per heavy atom. The highest BCUT2D eigenvalue weighted by Crippen LogP contribution is 2.20. The molecule has 1 unspecified atom stereocenters. The normalized spacial score (nSPS) is 12.2. The van der Waals surface area contributed by atoms with Crippen LogP contribution in [0.2, 0.25) is 0 Å². The summed E-state index contributed by atoms with van der Waals surface area (Å²) in [7, 11) is 1.54. The molecule has 1 aromatic rings. The molecule has 0 saturated carbocycles. The van der Waals surface area contributed by atoms with Gasteiger partial charge in [-0.3, -0.25) is 4.79 Å². The third-order valence-corrected chi connectivity index (χ3v) is 1.91. The maximum Gasteiger partial charge on any atom is 0.153 e. The number of hydrogen-bond donors (Lipinski definition) is 1. The number of ether oxygens (including phenoxy) is 1. The lowest BCUT2D eigenvalue weighted by molar-refractivity contribution is 0.112. The number of nitrogens with two attached hydrogens (primary N) is 1. The number of hydrogen-bond acceptors (Lipinski definition) is 3. The lowest BCUT2D eigenvalue weighted by Crippen LogP contribution is -2.05. The Hall–Kier alpha value is -1.35. The van der Waals surface area contributed by atoms with Crippen LogP contribution in [-0.4, -0.2) is 13.4 Å². The van der Waals surface area contributed by atoms with Gasteiger partial charge in [-0.1, -0.05) is 6.07 Å². The lowest BCUT2D eigenvalue weighted by atomic mass is 10.1. The highest BCUT2D eigenvalue weighted by molar-refractivity contribution is 5.79. The van der Waals surface area contributed by atoms with Crippen molar-refractivity contribution in [1.82, 2.24) is 0 Å². The Kier molecular flexibility index (Phi) is 3.03. The van der Waals surface area contributed by atoms with Gasteiger partial charge >= 0.3 is 0 Å². The third kappa shape index (κ3) is 2.06. The predicted octanol–water partition coefficient (Wildman–Crippen LogP) is 1.53. The molecule has 0 heterocycles. The minimum absolute atomic E-state index is 0.0652. The van der Waals surface area contributed by atoms with E-state index in [-0.39, 0.29) is 6.04 Å². The number of carbonyl (C=O) groups is 1. The predicted molar refractivity (Wildman–Crippen MR) is 51.0 cm³/mol. The summed E-state index contributed by atoms with van der Waals surface area (Å²) in [5.74, 6) is 0.583. The van der Waals surface area contributed by atoms with Gasteiger partial charge in [0.2, 0.25) is 0 Å². The lowest BCUT2D eigenvalue weighted by Gasteiger charge is -2.08. The second-order valence-electron chi connectivity index (χ2n) is 2.91. The Bertz CT molecular complexity index is 308. The number of benzene rings is 1. The van der Waals surface area contributed by atoms with Crippen molar-refractivity contribution in [1.29, 1.82) is 0 Å². The summed E-state index contributed by atoms with van der Waals surface area (Å²) >= 11 is 0. The number of carbonyl (C=O) groups excluding carboxylic acids is 1. The first-order valence-electron chi connectivity index (χ1n) is 4.07. The van der Waals surface area contributed by atoms with Crippen molar-refractivity contribution in [3.8, 4) is 5.75 Å². The van der Waals surface area contributed by atoms with Gasteiger partial charge in [0.25, 0.3) is 0 Å². The summed E-state index contributed by atoms with van der Waals surface area (Å²) in [4.78, 5) is 10.6. The van der Waals surface area contributed by atoms with E-state index in [0.717, 1.165) is 11.8 Å². The second kappa shape index (κ2) is 4.05. The van der Waals surface area contributed by atoms with Crippen molar-refractivity contribution in [3.05, 3.63) is 29.3 Å². The molecule has 70 valence electrons. The van der Waals surface area contributed by atoms with Gasteiger partial charge in [0, 0.05) is 6.04 Å². The van der Waals surface area contributed by atoms with E-state index in [9.17, 15) is 4.79 Å². The molecule has 0 aliphatic rings.